The highest BCUT2D eigenvalue weighted by atomic mass is 16.5. The number of aliphatic hydroxyl groups excluding tert-OH is 1. The fourth-order valence-electron chi connectivity index (χ4n) is 3.00. The van der Waals surface area contributed by atoms with Crippen LogP contribution in [0.3, 0.4) is 0 Å². The minimum Gasteiger partial charge on any atom is -0.491 e. The maximum Gasteiger partial charge on any atom is 0.120 e. The van der Waals surface area contributed by atoms with Gasteiger partial charge in [-0.2, -0.15) is 0 Å². The third-order valence-corrected chi connectivity index (χ3v) is 4.45. The Labute approximate surface area is 163 Å². The van der Waals surface area contributed by atoms with Gasteiger partial charge in [0, 0.05) is 0 Å². The molecule has 1 aromatic heterocycles. The second-order valence-corrected chi connectivity index (χ2v) is 6.60. The summed E-state index contributed by atoms with van der Waals surface area (Å²) in [6.45, 7) is 1.16. The molecule has 5 heteroatoms. The zero-order valence-electron chi connectivity index (χ0n) is 15.4. The number of aliphatic hydroxyl groups is 1. The Morgan fingerprint density at radius 2 is 1.50 bits per heavy atom. The first kappa shape index (κ1) is 18.1. The molecular weight excluding hydrogens is 352 g/mol. The van der Waals surface area contributed by atoms with Crippen LogP contribution in [0.25, 0.3) is 11.0 Å². The van der Waals surface area contributed by atoms with Crippen molar-refractivity contribution < 1.29 is 14.6 Å². The summed E-state index contributed by atoms with van der Waals surface area (Å²) in [6.07, 6.45) is 1.11. The Balaban J connectivity index is 1.27. The lowest BCUT2D eigenvalue weighted by atomic mass is 10.2. The van der Waals surface area contributed by atoms with Crippen LogP contribution in [0.2, 0.25) is 0 Å². The van der Waals surface area contributed by atoms with E-state index in [1.54, 1.807) is 6.33 Å². The van der Waals surface area contributed by atoms with E-state index < -0.39 is 6.10 Å². The molecule has 3 aromatic carbocycles. The lowest BCUT2D eigenvalue weighted by Crippen LogP contribution is -2.23. The first-order valence-corrected chi connectivity index (χ1v) is 9.25. The molecule has 1 heterocycles. The molecule has 0 bridgehead atoms. The van der Waals surface area contributed by atoms with E-state index in [2.05, 4.69) is 4.98 Å². The number of imidazole rings is 1. The third-order valence-electron chi connectivity index (χ3n) is 4.45. The highest BCUT2D eigenvalue weighted by Crippen LogP contribution is 2.19. The summed E-state index contributed by atoms with van der Waals surface area (Å²) < 4.78 is 13.4. The second-order valence-electron chi connectivity index (χ2n) is 6.60. The van der Waals surface area contributed by atoms with Crippen molar-refractivity contribution in [3.63, 3.8) is 0 Å². The van der Waals surface area contributed by atoms with Gasteiger partial charge in [0.25, 0.3) is 0 Å². The fraction of sp³-hybridized carbons (Fsp3) is 0.174. The standard InChI is InChI=1S/C23H22N2O3/c26-19(14-25-17-24-22-8-4-5-9-23(22)25)16-28-21-12-10-20(11-13-21)27-15-18-6-2-1-3-7-18/h1-13,17,19,26H,14-16H2. The van der Waals surface area contributed by atoms with Crippen LogP contribution in [0.4, 0.5) is 0 Å². The average Bonchev–Trinajstić information content (AvgIpc) is 3.15. The zero-order chi connectivity index (χ0) is 19.2. The molecule has 0 aliphatic carbocycles. The van der Waals surface area contributed by atoms with Gasteiger partial charge in [-0.05, 0) is 42.0 Å². The third kappa shape index (κ3) is 4.50. The molecule has 0 saturated carbocycles. The monoisotopic (exact) mass is 374 g/mol. The van der Waals surface area contributed by atoms with Crippen LogP contribution in [-0.4, -0.2) is 27.4 Å². The van der Waals surface area contributed by atoms with Crippen LogP contribution in [0.1, 0.15) is 5.56 Å². The van der Waals surface area contributed by atoms with Crippen molar-refractivity contribution in [3.8, 4) is 11.5 Å². The molecule has 5 nitrogen and oxygen atoms in total. The van der Waals surface area contributed by atoms with Crippen molar-refractivity contribution in [2.45, 2.75) is 19.3 Å². The Kier molecular flexibility index (Phi) is 5.54. The van der Waals surface area contributed by atoms with Gasteiger partial charge >= 0.3 is 0 Å². The maximum absolute atomic E-state index is 10.3. The van der Waals surface area contributed by atoms with E-state index >= 15 is 0 Å². The predicted octanol–water partition coefficient (Wildman–Crippen LogP) is 4.06. The van der Waals surface area contributed by atoms with Crippen LogP contribution in [0, 0.1) is 0 Å². The van der Waals surface area contributed by atoms with Gasteiger partial charge in [-0.25, -0.2) is 4.98 Å². The van der Waals surface area contributed by atoms with Crippen LogP contribution in [0.5, 0.6) is 11.5 Å². The molecule has 0 aliphatic heterocycles. The molecule has 1 N–H and O–H groups in total. The van der Waals surface area contributed by atoms with Crippen molar-refractivity contribution >= 4 is 11.0 Å². The molecule has 4 aromatic rings. The van der Waals surface area contributed by atoms with Gasteiger partial charge in [0.05, 0.1) is 23.9 Å². The van der Waals surface area contributed by atoms with Crippen molar-refractivity contribution in [2.24, 2.45) is 0 Å². The van der Waals surface area contributed by atoms with Gasteiger partial charge in [-0.3, -0.25) is 0 Å². The van der Waals surface area contributed by atoms with Gasteiger partial charge in [0.1, 0.15) is 30.8 Å². The van der Waals surface area contributed by atoms with E-state index in [0.29, 0.717) is 18.9 Å². The van der Waals surface area contributed by atoms with Crippen LogP contribution < -0.4 is 9.47 Å². The molecular formula is C23H22N2O3. The van der Waals surface area contributed by atoms with Crippen molar-refractivity contribution in [2.75, 3.05) is 6.61 Å². The first-order valence-electron chi connectivity index (χ1n) is 9.25. The van der Waals surface area contributed by atoms with E-state index in [1.165, 1.54) is 0 Å². The SMILES string of the molecule is OC(COc1ccc(OCc2ccccc2)cc1)Cn1cnc2ccccc21. The highest BCUT2D eigenvalue weighted by Gasteiger charge is 2.09. The number of hydrogen-bond donors (Lipinski definition) is 1. The number of para-hydroxylation sites is 2. The van der Waals surface area contributed by atoms with Crippen molar-refractivity contribution in [3.05, 3.63) is 90.8 Å². The molecule has 0 amide bonds. The highest BCUT2D eigenvalue weighted by molar-refractivity contribution is 5.74. The molecule has 142 valence electrons. The Morgan fingerprint density at radius 3 is 2.29 bits per heavy atom. The molecule has 1 unspecified atom stereocenters. The van der Waals surface area contributed by atoms with E-state index in [9.17, 15) is 5.11 Å². The largest absolute Gasteiger partial charge is 0.491 e. The number of nitrogens with zero attached hydrogens (tertiary/aromatic N) is 2. The Morgan fingerprint density at radius 1 is 0.821 bits per heavy atom. The van der Waals surface area contributed by atoms with Gasteiger partial charge in [0.2, 0.25) is 0 Å². The second kappa shape index (κ2) is 8.59. The van der Waals surface area contributed by atoms with Crippen LogP contribution in [0.15, 0.2) is 85.2 Å². The van der Waals surface area contributed by atoms with Crippen molar-refractivity contribution in [1.82, 2.24) is 9.55 Å². The molecule has 0 aliphatic rings. The van der Waals surface area contributed by atoms with Crippen molar-refractivity contribution in [1.29, 1.82) is 0 Å². The number of fused-ring (bicyclic) bond motifs is 1. The number of benzene rings is 3. The summed E-state index contributed by atoms with van der Waals surface area (Å²) in [4.78, 5) is 4.34. The topological polar surface area (TPSA) is 56.5 Å². The van der Waals surface area contributed by atoms with Gasteiger partial charge < -0.3 is 19.1 Å². The van der Waals surface area contributed by atoms with E-state index in [0.717, 1.165) is 22.3 Å². The Bertz CT molecular complexity index is 1010. The van der Waals surface area contributed by atoms with Crippen LogP contribution >= 0.6 is 0 Å². The number of aromatic nitrogens is 2. The van der Waals surface area contributed by atoms with Crippen LogP contribution in [-0.2, 0) is 13.2 Å². The first-order chi connectivity index (χ1) is 13.8. The van der Waals surface area contributed by atoms with Gasteiger partial charge in [0.15, 0.2) is 0 Å². The lowest BCUT2D eigenvalue weighted by molar-refractivity contribution is 0.0934. The summed E-state index contributed by atoms with van der Waals surface area (Å²) >= 11 is 0. The molecule has 0 spiro atoms. The lowest BCUT2D eigenvalue weighted by Gasteiger charge is -2.14. The summed E-state index contributed by atoms with van der Waals surface area (Å²) in [6, 6.07) is 25.3. The molecule has 1 atom stereocenters. The molecule has 0 saturated heterocycles. The number of ether oxygens (including phenoxy) is 2. The smallest absolute Gasteiger partial charge is 0.120 e. The minimum atomic E-state index is -0.633. The van der Waals surface area contributed by atoms with Gasteiger partial charge in [-0.1, -0.05) is 42.5 Å². The van der Waals surface area contributed by atoms with E-state index in [4.69, 9.17) is 9.47 Å². The van der Waals surface area contributed by atoms with Gasteiger partial charge in [-0.15, -0.1) is 0 Å². The zero-order valence-corrected chi connectivity index (χ0v) is 15.4. The molecule has 28 heavy (non-hydrogen) atoms. The molecule has 0 radical (unpaired) electrons. The number of hydrogen-bond acceptors (Lipinski definition) is 4. The molecule has 0 fully saturated rings. The predicted molar refractivity (Wildman–Crippen MR) is 108 cm³/mol. The van der Waals surface area contributed by atoms with E-state index in [-0.39, 0.29) is 6.61 Å². The summed E-state index contributed by atoms with van der Waals surface area (Å²) in [5.74, 6) is 1.48. The quantitative estimate of drug-likeness (QED) is 0.505. The average molecular weight is 374 g/mol. The van der Waals surface area contributed by atoms with E-state index in [1.807, 2.05) is 83.4 Å². The summed E-state index contributed by atoms with van der Waals surface area (Å²) in [5, 5.41) is 10.3. The Hall–Kier alpha value is -3.31. The minimum absolute atomic E-state index is 0.205. The summed E-state index contributed by atoms with van der Waals surface area (Å²) in [7, 11) is 0. The summed E-state index contributed by atoms with van der Waals surface area (Å²) in [5.41, 5.74) is 3.04. The molecule has 4 rings (SSSR count). The number of rotatable bonds is 8. The normalized spacial score (nSPS) is 12.0. The fourth-order valence-corrected chi connectivity index (χ4v) is 3.00. The maximum atomic E-state index is 10.3.